The van der Waals surface area contributed by atoms with Gasteiger partial charge < -0.3 is 15.0 Å². The van der Waals surface area contributed by atoms with E-state index in [2.05, 4.69) is 5.32 Å². The molecule has 0 atom stereocenters. The number of nitrogens with zero attached hydrogens (tertiary/aromatic N) is 1. The molecule has 0 aromatic heterocycles. The van der Waals surface area contributed by atoms with Crippen LogP contribution in [0.2, 0.25) is 0 Å². The second kappa shape index (κ2) is 6.06. The van der Waals surface area contributed by atoms with E-state index < -0.39 is 0 Å². The lowest BCUT2D eigenvalue weighted by atomic mass is 9.96. The number of amides is 1. The summed E-state index contributed by atoms with van der Waals surface area (Å²) in [5.41, 5.74) is 1.98. The van der Waals surface area contributed by atoms with Crippen LogP contribution < -0.4 is 15.0 Å². The highest BCUT2D eigenvalue weighted by atomic mass is 16.5. The molecule has 4 heteroatoms. The number of ether oxygens (including phenoxy) is 1. The summed E-state index contributed by atoms with van der Waals surface area (Å²) in [6.45, 7) is 3.86. The third kappa shape index (κ3) is 3.07. The van der Waals surface area contributed by atoms with Crippen LogP contribution >= 0.6 is 0 Å². The molecule has 1 aliphatic rings. The quantitative estimate of drug-likeness (QED) is 0.905. The number of benzene rings is 1. The fourth-order valence-corrected chi connectivity index (χ4v) is 2.54. The van der Waals surface area contributed by atoms with E-state index in [1.165, 1.54) is 0 Å². The van der Waals surface area contributed by atoms with Crippen molar-refractivity contribution in [3.05, 3.63) is 23.8 Å². The minimum absolute atomic E-state index is 0.147. The van der Waals surface area contributed by atoms with Gasteiger partial charge in [0.15, 0.2) is 0 Å². The number of piperidine rings is 1. The SMILES string of the molecule is COc1ccc(N(C)C(=O)C2CCNCC2)cc1C. The smallest absolute Gasteiger partial charge is 0.229 e. The number of carbonyl (C=O) groups is 1. The van der Waals surface area contributed by atoms with Gasteiger partial charge in [0.05, 0.1) is 7.11 Å². The molecule has 0 spiro atoms. The second-order valence-electron chi connectivity index (χ2n) is 5.08. The van der Waals surface area contributed by atoms with E-state index in [0.717, 1.165) is 42.9 Å². The van der Waals surface area contributed by atoms with Crippen molar-refractivity contribution in [3.63, 3.8) is 0 Å². The van der Waals surface area contributed by atoms with Crippen LogP contribution in [0.15, 0.2) is 18.2 Å². The number of hydrogen-bond donors (Lipinski definition) is 1. The Hall–Kier alpha value is -1.55. The average molecular weight is 262 g/mol. The Balaban J connectivity index is 2.11. The summed E-state index contributed by atoms with van der Waals surface area (Å²) in [7, 11) is 3.51. The molecule has 19 heavy (non-hydrogen) atoms. The van der Waals surface area contributed by atoms with Crippen molar-refractivity contribution in [2.45, 2.75) is 19.8 Å². The van der Waals surface area contributed by atoms with E-state index in [4.69, 9.17) is 4.74 Å². The van der Waals surface area contributed by atoms with Crippen LogP contribution in [-0.2, 0) is 4.79 Å². The third-order valence-electron chi connectivity index (χ3n) is 3.78. The van der Waals surface area contributed by atoms with Gasteiger partial charge in [0.1, 0.15) is 5.75 Å². The minimum atomic E-state index is 0.147. The van der Waals surface area contributed by atoms with Gasteiger partial charge in [0.25, 0.3) is 0 Å². The molecule has 0 bridgehead atoms. The maximum Gasteiger partial charge on any atom is 0.229 e. The zero-order valence-corrected chi connectivity index (χ0v) is 11.9. The molecule has 4 nitrogen and oxygen atoms in total. The molecule has 1 amide bonds. The minimum Gasteiger partial charge on any atom is -0.496 e. The Morgan fingerprint density at radius 1 is 1.37 bits per heavy atom. The van der Waals surface area contributed by atoms with Gasteiger partial charge in [-0.3, -0.25) is 4.79 Å². The molecule has 2 rings (SSSR count). The molecular formula is C15H22N2O2. The van der Waals surface area contributed by atoms with Crippen molar-refractivity contribution >= 4 is 11.6 Å². The Kier molecular flexibility index (Phi) is 4.43. The monoisotopic (exact) mass is 262 g/mol. The first-order chi connectivity index (χ1) is 9.13. The van der Waals surface area contributed by atoms with Crippen molar-refractivity contribution in [1.29, 1.82) is 0 Å². The highest BCUT2D eigenvalue weighted by Crippen LogP contribution is 2.25. The number of nitrogens with one attached hydrogen (secondary N) is 1. The van der Waals surface area contributed by atoms with Crippen LogP contribution in [0.3, 0.4) is 0 Å². The molecule has 1 aromatic carbocycles. The number of methoxy groups -OCH3 is 1. The van der Waals surface area contributed by atoms with Gasteiger partial charge in [0.2, 0.25) is 5.91 Å². The van der Waals surface area contributed by atoms with Crippen molar-refractivity contribution in [2.75, 3.05) is 32.1 Å². The Labute approximate surface area is 114 Å². The molecule has 1 fully saturated rings. The normalized spacial score (nSPS) is 16.2. The first-order valence-corrected chi connectivity index (χ1v) is 6.76. The fourth-order valence-electron chi connectivity index (χ4n) is 2.54. The zero-order valence-electron chi connectivity index (χ0n) is 11.9. The number of carbonyl (C=O) groups excluding carboxylic acids is 1. The van der Waals surface area contributed by atoms with E-state index in [1.54, 1.807) is 12.0 Å². The standard InChI is InChI=1S/C15H22N2O2/c1-11-10-13(4-5-14(11)19-3)17(2)15(18)12-6-8-16-9-7-12/h4-5,10,12,16H,6-9H2,1-3H3. The molecule has 0 radical (unpaired) electrons. The molecule has 1 saturated heterocycles. The van der Waals surface area contributed by atoms with Gasteiger partial charge in [-0.25, -0.2) is 0 Å². The summed E-state index contributed by atoms with van der Waals surface area (Å²) in [6.07, 6.45) is 1.86. The Morgan fingerprint density at radius 3 is 2.63 bits per heavy atom. The maximum atomic E-state index is 12.4. The second-order valence-corrected chi connectivity index (χ2v) is 5.08. The molecule has 104 valence electrons. The van der Waals surface area contributed by atoms with Crippen LogP contribution in [-0.4, -0.2) is 33.2 Å². The largest absolute Gasteiger partial charge is 0.496 e. The van der Waals surface area contributed by atoms with Crippen molar-refractivity contribution in [1.82, 2.24) is 5.32 Å². The lowest BCUT2D eigenvalue weighted by Crippen LogP contribution is -2.39. The van der Waals surface area contributed by atoms with Gasteiger partial charge in [-0.15, -0.1) is 0 Å². The first kappa shape index (κ1) is 13.9. The lowest BCUT2D eigenvalue weighted by Gasteiger charge is -2.27. The summed E-state index contributed by atoms with van der Waals surface area (Å²) in [6, 6.07) is 5.85. The molecule has 1 aromatic rings. The van der Waals surface area contributed by atoms with Gasteiger partial charge in [-0.05, 0) is 56.6 Å². The van der Waals surface area contributed by atoms with E-state index >= 15 is 0 Å². The Morgan fingerprint density at radius 2 is 2.05 bits per heavy atom. The van der Waals surface area contributed by atoms with Gasteiger partial charge in [-0.1, -0.05) is 0 Å². The van der Waals surface area contributed by atoms with Crippen molar-refractivity contribution in [3.8, 4) is 5.75 Å². The molecule has 1 aliphatic heterocycles. The van der Waals surface area contributed by atoms with Crippen LogP contribution in [0.4, 0.5) is 5.69 Å². The average Bonchev–Trinajstić information content (AvgIpc) is 2.46. The predicted octanol–water partition coefficient (Wildman–Crippen LogP) is 1.97. The van der Waals surface area contributed by atoms with E-state index in [0.29, 0.717) is 0 Å². The number of aryl methyl sites for hydroxylation is 1. The maximum absolute atomic E-state index is 12.4. The van der Waals surface area contributed by atoms with E-state index in [-0.39, 0.29) is 11.8 Å². The van der Waals surface area contributed by atoms with Crippen molar-refractivity contribution < 1.29 is 9.53 Å². The van der Waals surface area contributed by atoms with Crippen LogP contribution in [0.25, 0.3) is 0 Å². The van der Waals surface area contributed by atoms with E-state index in [9.17, 15) is 4.79 Å². The molecular weight excluding hydrogens is 240 g/mol. The van der Waals surface area contributed by atoms with E-state index in [1.807, 2.05) is 32.2 Å². The fraction of sp³-hybridized carbons (Fsp3) is 0.533. The topological polar surface area (TPSA) is 41.6 Å². The van der Waals surface area contributed by atoms with Crippen LogP contribution in [0.1, 0.15) is 18.4 Å². The summed E-state index contributed by atoms with van der Waals surface area (Å²) in [5.74, 6) is 1.21. The molecule has 0 saturated carbocycles. The van der Waals surface area contributed by atoms with Crippen LogP contribution in [0, 0.1) is 12.8 Å². The third-order valence-corrected chi connectivity index (χ3v) is 3.78. The molecule has 0 aliphatic carbocycles. The summed E-state index contributed by atoms with van der Waals surface area (Å²) in [4.78, 5) is 14.2. The number of anilines is 1. The van der Waals surface area contributed by atoms with Gasteiger partial charge in [0, 0.05) is 18.7 Å². The lowest BCUT2D eigenvalue weighted by molar-refractivity contribution is -0.122. The van der Waals surface area contributed by atoms with Crippen molar-refractivity contribution in [2.24, 2.45) is 5.92 Å². The van der Waals surface area contributed by atoms with Gasteiger partial charge in [-0.2, -0.15) is 0 Å². The summed E-state index contributed by atoms with van der Waals surface area (Å²) < 4.78 is 5.24. The highest BCUT2D eigenvalue weighted by Gasteiger charge is 2.24. The highest BCUT2D eigenvalue weighted by molar-refractivity contribution is 5.94. The first-order valence-electron chi connectivity index (χ1n) is 6.76. The number of rotatable bonds is 3. The Bertz CT molecular complexity index is 453. The van der Waals surface area contributed by atoms with Gasteiger partial charge >= 0.3 is 0 Å². The summed E-state index contributed by atoms with van der Waals surface area (Å²) in [5, 5.41) is 3.29. The number of hydrogen-bond acceptors (Lipinski definition) is 3. The molecule has 1 heterocycles. The van der Waals surface area contributed by atoms with Crippen LogP contribution in [0.5, 0.6) is 5.75 Å². The summed E-state index contributed by atoms with van der Waals surface area (Å²) >= 11 is 0. The molecule has 1 N–H and O–H groups in total. The zero-order chi connectivity index (χ0) is 13.8. The molecule has 0 unspecified atom stereocenters. The predicted molar refractivity (Wildman–Crippen MR) is 76.7 cm³/mol.